The van der Waals surface area contributed by atoms with Gasteiger partial charge in [-0.25, -0.2) is 9.66 Å². The summed E-state index contributed by atoms with van der Waals surface area (Å²) in [6.07, 6.45) is 1.61. The van der Waals surface area contributed by atoms with Gasteiger partial charge in [0.15, 0.2) is 0 Å². The molecule has 22 heavy (non-hydrogen) atoms. The zero-order valence-corrected chi connectivity index (χ0v) is 12.9. The number of benzene rings is 1. The molecule has 3 aromatic heterocycles. The Kier molecular flexibility index (Phi) is 2.77. The van der Waals surface area contributed by atoms with Crippen LogP contribution in [0.2, 0.25) is 0 Å². The normalized spacial score (nSPS) is 11.4. The van der Waals surface area contributed by atoms with E-state index in [0.717, 1.165) is 26.9 Å². The summed E-state index contributed by atoms with van der Waals surface area (Å²) in [4.78, 5) is 18.4. The zero-order valence-electron chi connectivity index (χ0n) is 12.1. The number of aryl methyl sites for hydroxylation is 2. The van der Waals surface area contributed by atoms with Gasteiger partial charge in [-0.15, -0.1) is 11.3 Å². The van der Waals surface area contributed by atoms with Gasteiger partial charge < -0.3 is 0 Å². The van der Waals surface area contributed by atoms with Crippen molar-refractivity contribution in [3.05, 3.63) is 47.2 Å². The van der Waals surface area contributed by atoms with Crippen LogP contribution in [0.15, 0.2) is 36.7 Å². The lowest BCUT2D eigenvalue weighted by atomic mass is 10.3. The first-order valence-corrected chi connectivity index (χ1v) is 7.62. The van der Waals surface area contributed by atoms with Gasteiger partial charge in [0.25, 0.3) is 5.91 Å². The highest BCUT2D eigenvalue weighted by Crippen LogP contribution is 2.27. The molecule has 1 N–H and O–H groups in total. The molecule has 3 heterocycles. The monoisotopic (exact) mass is 311 g/mol. The molecule has 110 valence electrons. The van der Waals surface area contributed by atoms with E-state index in [1.54, 1.807) is 15.7 Å². The van der Waals surface area contributed by atoms with Crippen LogP contribution in [0, 0.1) is 6.92 Å². The van der Waals surface area contributed by atoms with Gasteiger partial charge in [0, 0.05) is 12.4 Å². The summed E-state index contributed by atoms with van der Waals surface area (Å²) in [6, 6.07) is 9.55. The standard InChI is InChI=1S/C15H13N5OS/c1-9-10-7-13(22-15(10)19(2)17-9)14(21)18-20-8-16-11-5-3-4-6-12(11)20/h3-8H,1-2H3,(H,18,21). The van der Waals surface area contributed by atoms with Gasteiger partial charge in [-0.1, -0.05) is 12.1 Å². The van der Waals surface area contributed by atoms with Gasteiger partial charge in [-0.2, -0.15) is 5.10 Å². The van der Waals surface area contributed by atoms with Gasteiger partial charge in [-0.05, 0) is 25.1 Å². The Morgan fingerprint density at radius 1 is 1.32 bits per heavy atom. The number of nitrogens with one attached hydrogen (secondary N) is 1. The summed E-state index contributed by atoms with van der Waals surface area (Å²) in [6.45, 7) is 1.94. The van der Waals surface area contributed by atoms with E-state index in [0.29, 0.717) is 4.88 Å². The van der Waals surface area contributed by atoms with Crippen molar-refractivity contribution in [2.45, 2.75) is 6.92 Å². The molecule has 0 saturated heterocycles. The average Bonchev–Trinajstić information content (AvgIpc) is 3.17. The third kappa shape index (κ3) is 1.90. The van der Waals surface area contributed by atoms with Crippen LogP contribution in [-0.2, 0) is 7.05 Å². The van der Waals surface area contributed by atoms with Crippen molar-refractivity contribution in [1.82, 2.24) is 19.4 Å². The molecule has 1 amide bonds. The van der Waals surface area contributed by atoms with Crippen LogP contribution < -0.4 is 5.43 Å². The second kappa shape index (κ2) is 4.67. The highest BCUT2D eigenvalue weighted by molar-refractivity contribution is 7.20. The van der Waals surface area contributed by atoms with E-state index in [1.165, 1.54) is 11.3 Å². The lowest BCUT2D eigenvalue weighted by molar-refractivity contribution is 0.101. The molecule has 4 aromatic rings. The maximum atomic E-state index is 12.5. The molecule has 0 unspecified atom stereocenters. The van der Waals surface area contributed by atoms with E-state index in [2.05, 4.69) is 15.5 Å². The number of carbonyl (C=O) groups is 1. The first-order chi connectivity index (χ1) is 10.6. The van der Waals surface area contributed by atoms with Crippen LogP contribution in [-0.4, -0.2) is 25.3 Å². The molecule has 7 heteroatoms. The van der Waals surface area contributed by atoms with Crippen LogP contribution in [0.5, 0.6) is 0 Å². The number of hydrogen-bond acceptors (Lipinski definition) is 4. The minimum atomic E-state index is -0.149. The fraction of sp³-hybridized carbons (Fsp3) is 0.133. The Morgan fingerprint density at radius 3 is 2.95 bits per heavy atom. The lowest BCUT2D eigenvalue weighted by Gasteiger charge is -2.05. The predicted octanol–water partition coefficient (Wildman–Crippen LogP) is 2.68. The molecule has 1 aromatic carbocycles. The molecule has 0 radical (unpaired) electrons. The first kappa shape index (κ1) is 13.0. The molecule has 0 aliphatic carbocycles. The molecular formula is C15H13N5OS. The maximum Gasteiger partial charge on any atom is 0.280 e. The van der Waals surface area contributed by atoms with Crippen molar-refractivity contribution in [1.29, 1.82) is 0 Å². The van der Waals surface area contributed by atoms with E-state index in [-0.39, 0.29) is 5.91 Å². The Morgan fingerprint density at radius 2 is 2.14 bits per heavy atom. The third-order valence-corrected chi connectivity index (χ3v) is 4.80. The van der Waals surface area contributed by atoms with Crippen molar-refractivity contribution in [3.63, 3.8) is 0 Å². The van der Waals surface area contributed by atoms with Crippen LogP contribution in [0.25, 0.3) is 21.3 Å². The lowest BCUT2D eigenvalue weighted by Crippen LogP contribution is -2.21. The summed E-state index contributed by atoms with van der Waals surface area (Å²) < 4.78 is 3.45. The fourth-order valence-electron chi connectivity index (χ4n) is 2.53. The average molecular weight is 311 g/mol. The summed E-state index contributed by atoms with van der Waals surface area (Å²) >= 11 is 1.43. The second-order valence-corrected chi connectivity index (χ2v) is 6.11. The van der Waals surface area contributed by atoms with Crippen LogP contribution in [0.4, 0.5) is 0 Å². The quantitative estimate of drug-likeness (QED) is 0.619. The summed E-state index contributed by atoms with van der Waals surface area (Å²) in [5.41, 5.74) is 5.51. The van der Waals surface area contributed by atoms with Crippen LogP contribution in [0.3, 0.4) is 0 Å². The topological polar surface area (TPSA) is 64.7 Å². The van der Waals surface area contributed by atoms with E-state index < -0.39 is 0 Å². The number of amides is 1. The van der Waals surface area contributed by atoms with Gasteiger partial charge in [-0.3, -0.25) is 14.9 Å². The van der Waals surface area contributed by atoms with Gasteiger partial charge in [0.05, 0.1) is 21.6 Å². The number of fused-ring (bicyclic) bond motifs is 2. The molecule has 0 spiro atoms. The number of carbonyl (C=O) groups excluding carboxylic acids is 1. The van der Waals surface area contributed by atoms with E-state index in [1.807, 2.05) is 44.3 Å². The molecular weight excluding hydrogens is 298 g/mol. The molecule has 0 saturated carbocycles. The van der Waals surface area contributed by atoms with Gasteiger partial charge in [0.2, 0.25) is 0 Å². The Hall–Kier alpha value is -2.67. The molecule has 0 aliphatic heterocycles. The van der Waals surface area contributed by atoms with Crippen molar-refractivity contribution in [3.8, 4) is 0 Å². The smallest absolute Gasteiger partial charge is 0.266 e. The van der Waals surface area contributed by atoms with E-state index >= 15 is 0 Å². The fourth-order valence-corrected chi connectivity index (χ4v) is 3.54. The molecule has 0 fully saturated rings. The third-order valence-electron chi connectivity index (χ3n) is 3.60. The predicted molar refractivity (Wildman–Crippen MR) is 86.8 cm³/mol. The van der Waals surface area contributed by atoms with Gasteiger partial charge in [0.1, 0.15) is 11.2 Å². The highest BCUT2D eigenvalue weighted by atomic mass is 32.1. The summed E-state index contributed by atoms with van der Waals surface area (Å²) in [5, 5.41) is 5.37. The molecule has 0 aliphatic rings. The van der Waals surface area contributed by atoms with Crippen molar-refractivity contribution in [2.75, 3.05) is 5.43 Å². The Labute approximate surface area is 130 Å². The number of rotatable bonds is 2. The highest BCUT2D eigenvalue weighted by Gasteiger charge is 2.15. The van der Waals surface area contributed by atoms with Crippen LogP contribution in [0.1, 0.15) is 15.4 Å². The van der Waals surface area contributed by atoms with Crippen molar-refractivity contribution >= 4 is 38.5 Å². The SMILES string of the molecule is Cc1nn(C)c2sc(C(=O)Nn3cnc4ccccc43)cc12. The minimum absolute atomic E-state index is 0.149. The summed E-state index contributed by atoms with van der Waals surface area (Å²) in [7, 11) is 1.89. The van der Waals surface area contributed by atoms with Crippen molar-refractivity contribution in [2.24, 2.45) is 7.05 Å². The van der Waals surface area contributed by atoms with Gasteiger partial charge >= 0.3 is 0 Å². The number of thiophene rings is 1. The van der Waals surface area contributed by atoms with Crippen molar-refractivity contribution < 1.29 is 4.79 Å². The molecule has 4 rings (SSSR count). The summed E-state index contributed by atoms with van der Waals surface area (Å²) in [5.74, 6) is -0.149. The molecule has 0 bridgehead atoms. The number of hydrogen-bond donors (Lipinski definition) is 1. The molecule has 6 nitrogen and oxygen atoms in total. The van der Waals surface area contributed by atoms with E-state index in [9.17, 15) is 4.79 Å². The maximum absolute atomic E-state index is 12.5. The number of nitrogens with zero attached hydrogens (tertiary/aromatic N) is 4. The Balaban J connectivity index is 1.70. The zero-order chi connectivity index (χ0) is 15.3. The largest absolute Gasteiger partial charge is 0.280 e. The number of para-hydroxylation sites is 2. The second-order valence-electron chi connectivity index (χ2n) is 5.08. The van der Waals surface area contributed by atoms with Crippen LogP contribution >= 0.6 is 11.3 Å². The minimum Gasteiger partial charge on any atom is -0.266 e. The van der Waals surface area contributed by atoms with E-state index in [4.69, 9.17) is 0 Å². The number of imidazole rings is 1. The first-order valence-electron chi connectivity index (χ1n) is 6.80. The Bertz CT molecular complexity index is 975. The number of aromatic nitrogens is 4. The molecule has 0 atom stereocenters.